The number of hydrogen-bond donors (Lipinski definition) is 2. The Labute approximate surface area is 141 Å². The quantitative estimate of drug-likeness (QED) is 0.698. The standard InChI is InChI=1S/C16H26N4O4/c1-4-24-16(22)15-18-14(19-20-15)12(7-10(2)3)17-13(21)8-11-5-6-23-9-11/h10-12H,4-9H2,1-3H3,(H,17,21)(H,18,19,20)/t11-,12+/m1/s1. The minimum absolute atomic E-state index is 0.0148. The first-order valence-corrected chi connectivity index (χ1v) is 8.46. The van der Waals surface area contributed by atoms with Crippen molar-refractivity contribution in [3.63, 3.8) is 0 Å². The van der Waals surface area contributed by atoms with Gasteiger partial charge >= 0.3 is 5.97 Å². The number of aromatic amines is 1. The highest BCUT2D eigenvalue weighted by atomic mass is 16.5. The van der Waals surface area contributed by atoms with E-state index in [4.69, 9.17) is 9.47 Å². The van der Waals surface area contributed by atoms with E-state index in [-0.39, 0.29) is 30.3 Å². The predicted molar refractivity (Wildman–Crippen MR) is 86.2 cm³/mol. The van der Waals surface area contributed by atoms with Crippen LogP contribution < -0.4 is 5.32 Å². The summed E-state index contributed by atoms with van der Waals surface area (Å²) < 4.78 is 10.2. The van der Waals surface area contributed by atoms with Gasteiger partial charge in [-0.05, 0) is 31.6 Å². The normalized spacial score (nSPS) is 18.6. The lowest BCUT2D eigenvalue weighted by Crippen LogP contribution is -2.31. The third-order valence-corrected chi connectivity index (χ3v) is 3.83. The minimum Gasteiger partial charge on any atom is -0.460 e. The SMILES string of the molecule is CCOC(=O)c1n[nH]c([C@H](CC(C)C)NC(=O)C[C@H]2CCOC2)n1. The molecule has 2 atom stereocenters. The van der Waals surface area contributed by atoms with Gasteiger partial charge in [-0.2, -0.15) is 0 Å². The van der Waals surface area contributed by atoms with E-state index < -0.39 is 5.97 Å². The van der Waals surface area contributed by atoms with Crippen LogP contribution in [0.3, 0.4) is 0 Å². The van der Waals surface area contributed by atoms with Crippen molar-refractivity contribution < 1.29 is 19.1 Å². The Hall–Kier alpha value is -1.96. The fourth-order valence-electron chi connectivity index (χ4n) is 2.69. The van der Waals surface area contributed by atoms with Crippen molar-refractivity contribution in [2.45, 2.75) is 46.1 Å². The first kappa shape index (κ1) is 18.4. The maximum absolute atomic E-state index is 12.3. The molecule has 2 N–H and O–H groups in total. The van der Waals surface area contributed by atoms with Gasteiger partial charge in [0, 0.05) is 19.6 Å². The van der Waals surface area contributed by atoms with E-state index in [0.29, 0.717) is 31.2 Å². The molecule has 1 aromatic heterocycles. The van der Waals surface area contributed by atoms with E-state index in [2.05, 4.69) is 34.3 Å². The number of carbonyl (C=O) groups is 2. The summed E-state index contributed by atoms with van der Waals surface area (Å²) in [5, 5.41) is 9.64. The van der Waals surface area contributed by atoms with Gasteiger partial charge in [0.1, 0.15) is 5.82 Å². The Morgan fingerprint density at radius 2 is 2.25 bits per heavy atom. The second kappa shape index (κ2) is 8.77. The van der Waals surface area contributed by atoms with Gasteiger partial charge in [0.25, 0.3) is 5.82 Å². The molecule has 8 heteroatoms. The Balaban J connectivity index is 2.01. The summed E-state index contributed by atoms with van der Waals surface area (Å²) >= 11 is 0. The Morgan fingerprint density at radius 3 is 2.88 bits per heavy atom. The summed E-state index contributed by atoms with van der Waals surface area (Å²) in [6.07, 6.45) is 2.05. The number of aromatic nitrogens is 3. The van der Waals surface area contributed by atoms with Crippen LogP contribution in [0.1, 0.15) is 62.5 Å². The second-order valence-electron chi connectivity index (χ2n) is 6.45. The lowest BCUT2D eigenvalue weighted by atomic mass is 10.0. The second-order valence-corrected chi connectivity index (χ2v) is 6.45. The molecule has 8 nitrogen and oxygen atoms in total. The molecule has 2 heterocycles. The van der Waals surface area contributed by atoms with Gasteiger partial charge in [-0.1, -0.05) is 13.8 Å². The predicted octanol–water partition coefficient (Wildman–Crippen LogP) is 1.61. The Bertz CT molecular complexity index is 552. The zero-order valence-electron chi connectivity index (χ0n) is 14.5. The lowest BCUT2D eigenvalue weighted by molar-refractivity contribution is -0.123. The average molecular weight is 338 g/mol. The molecule has 0 aromatic carbocycles. The number of nitrogens with one attached hydrogen (secondary N) is 2. The third kappa shape index (κ3) is 5.30. The number of amides is 1. The summed E-state index contributed by atoms with van der Waals surface area (Å²) in [5.74, 6) is 0.473. The Morgan fingerprint density at radius 1 is 1.46 bits per heavy atom. The van der Waals surface area contributed by atoms with Crippen LogP contribution in [0.25, 0.3) is 0 Å². The van der Waals surface area contributed by atoms with Crippen molar-refractivity contribution >= 4 is 11.9 Å². The first-order chi connectivity index (χ1) is 11.5. The van der Waals surface area contributed by atoms with Crippen molar-refractivity contribution in [2.24, 2.45) is 11.8 Å². The van der Waals surface area contributed by atoms with Gasteiger partial charge in [-0.25, -0.2) is 9.78 Å². The van der Waals surface area contributed by atoms with Crippen molar-refractivity contribution in [1.82, 2.24) is 20.5 Å². The molecule has 1 aromatic rings. The van der Waals surface area contributed by atoms with Crippen molar-refractivity contribution in [3.05, 3.63) is 11.6 Å². The smallest absolute Gasteiger partial charge is 0.378 e. The van der Waals surface area contributed by atoms with Gasteiger partial charge < -0.3 is 14.8 Å². The highest BCUT2D eigenvalue weighted by Gasteiger charge is 2.25. The molecule has 24 heavy (non-hydrogen) atoms. The number of carbonyl (C=O) groups excluding carboxylic acids is 2. The lowest BCUT2D eigenvalue weighted by Gasteiger charge is -2.19. The van der Waals surface area contributed by atoms with Crippen LogP contribution in [0.2, 0.25) is 0 Å². The number of hydrogen-bond acceptors (Lipinski definition) is 6. The number of rotatable bonds is 8. The van der Waals surface area contributed by atoms with Crippen LogP contribution in [-0.2, 0) is 14.3 Å². The van der Waals surface area contributed by atoms with Crippen molar-refractivity contribution in [2.75, 3.05) is 19.8 Å². The topological polar surface area (TPSA) is 106 Å². The summed E-state index contributed by atoms with van der Waals surface area (Å²) in [7, 11) is 0. The van der Waals surface area contributed by atoms with Crippen molar-refractivity contribution in [1.29, 1.82) is 0 Å². The average Bonchev–Trinajstić information content (AvgIpc) is 3.17. The summed E-state index contributed by atoms with van der Waals surface area (Å²) in [6, 6.07) is -0.310. The zero-order valence-corrected chi connectivity index (χ0v) is 14.5. The molecule has 134 valence electrons. The van der Waals surface area contributed by atoms with Crippen LogP contribution >= 0.6 is 0 Å². The molecular weight excluding hydrogens is 312 g/mol. The zero-order chi connectivity index (χ0) is 17.5. The fourth-order valence-corrected chi connectivity index (χ4v) is 2.69. The van der Waals surface area contributed by atoms with Gasteiger partial charge in [0.2, 0.25) is 5.91 Å². The maximum atomic E-state index is 12.3. The van der Waals surface area contributed by atoms with Gasteiger partial charge in [0.05, 0.1) is 12.6 Å². The molecule has 0 bridgehead atoms. The number of ether oxygens (including phenoxy) is 2. The van der Waals surface area contributed by atoms with Gasteiger partial charge in [-0.15, -0.1) is 5.10 Å². The molecule has 1 aliphatic rings. The molecule has 0 saturated carbocycles. The van der Waals surface area contributed by atoms with Crippen molar-refractivity contribution in [3.8, 4) is 0 Å². The van der Waals surface area contributed by atoms with Crippen LogP contribution in [0.4, 0.5) is 0 Å². The highest BCUT2D eigenvalue weighted by Crippen LogP contribution is 2.21. The van der Waals surface area contributed by atoms with Crippen LogP contribution in [0.15, 0.2) is 0 Å². The molecular formula is C16H26N4O4. The summed E-state index contributed by atoms with van der Waals surface area (Å²) in [5.41, 5.74) is 0. The molecule has 0 aliphatic carbocycles. The molecule has 0 unspecified atom stereocenters. The van der Waals surface area contributed by atoms with E-state index in [1.54, 1.807) is 6.92 Å². The minimum atomic E-state index is -0.572. The molecule has 1 aliphatic heterocycles. The summed E-state index contributed by atoms with van der Waals surface area (Å²) in [4.78, 5) is 28.2. The van der Waals surface area contributed by atoms with E-state index in [9.17, 15) is 9.59 Å². The van der Waals surface area contributed by atoms with Gasteiger partial charge in [-0.3, -0.25) is 9.89 Å². The molecule has 1 amide bonds. The summed E-state index contributed by atoms with van der Waals surface area (Å²) in [6.45, 7) is 7.47. The van der Waals surface area contributed by atoms with Crippen LogP contribution in [0.5, 0.6) is 0 Å². The third-order valence-electron chi connectivity index (χ3n) is 3.83. The molecule has 0 radical (unpaired) electrons. The fraction of sp³-hybridized carbons (Fsp3) is 0.750. The Kier molecular flexibility index (Phi) is 6.72. The highest BCUT2D eigenvalue weighted by molar-refractivity contribution is 5.85. The molecule has 2 rings (SSSR count). The largest absolute Gasteiger partial charge is 0.460 e. The van der Waals surface area contributed by atoms with Crippen LogP contribution in [0, 0.1) is 11.8 Å². The number of H-pyrrole nitrogens is 1. The first-order valence-electron chi connectivity index (χ1n) is 8.46. The monoisotopic (exact) mass is 338 g/mol. The van der Waals surface area contributed by atoms with Crippen LogP contribution in [-0.4, -0.2) is 46.9 Å². The molecule has 0 spiro atoms. The van der Waals surface area contributed by atoms with E-state index in [1.807, 2.05) is 0 Å². The van der Waals surface area contributed by atoms with Gasteiger partial charge in [0.15, 0.2) is 0 Å². The molecule has 1 fully saturated rings. The van der Waals surface area contributed by atoms with E-state index in [1.165, 1.54) is 0 Å². The maximum Gasteiger partial charge on any atom is 0.378 e. The number of esters is 1. The van der Waals surface area contributed by atoms with E-state index >= 15 is 0 Å². The van der Waals surface area contributed by atoms with E-state index in [0.717, 1.165) is 13.0 Å². The number of nitrogens with zero attached hydrogens (tertiary/aromatic N) is 2. The molecule has 1 saturated heterocycles.